The molecule has 2 aliphatic heterocycles. The third kappa shape index (κ3) is 5.59. The van der Waals surface area contributed by atoms with Crippen LogP contribution in [0.5, 0.6) is 11.5 Å². The lowest BCUT2D eigenvalue weighted by Crippen LogP contribution is -2.36. The number of benzene rings is 3. The molecular weight excluding hydrogens is 526 g/mol. The zero-order valence-corrected chi connectivity index (χ0v) is 21.8. The number of nitrogens with one attached hydrogen (secondary N) is 2. The number of furan rings is 1. The molecule has 1 aromatic heterocycles. The number of nitrogens with zero attached hydrogens (tertiary/aromatic N) is 1. The van der Waals surface area contributed by atoms with Crippen LogP contribution in [0.25, 0.3) is 0 Å². The molecule has 0 saturated carbocycles. The van der Waals surface area contributed by atoms with Crippen molar-refractivity contribution in [2.45, 2.75) is 18.9 Å². The fraction of sp³-hybridized carbons (Fsp3) is 0.161. The second-order valence-corrected chi connectivity index (χ2v) is 9.66. The Labute approximate surface area is 234 Å². The Hall–Kier alpha value is -5.22. The van der Waals surface area contributed by atoms with Crippen molar-refractivity contribution in [2.24, 2.45) is 0 Å². The first-order chi connectivity index (χ1) is 19.9. The summed E-state index contributed by atoms with van der Waals surface area (Å²) in [5.74, 6) is -0.391. The molecule has 2 aliphatic rings. The summed E-state index contributed by atoms with van der Waals surface area (Å²) in [5, 5.41) is 5.51. The average molecular weight is 552 g/mol. The van der Waals surface area contributed by atoms with Crippen molar-refractivity contribution >= 4 is 35.0 Å². The van der Waals surface area contributed by atoms with Crippen LogP contribution in [-0.4, -0.2) is 47.8 Å². The quantitative estimate of drug-likeness (QED) is 0.283. The van der Waals surface area contributed by atoms with Crippen LogP contribution in [0.1, 0.15) is 54.5 Å². The van der Waals surface area contributed by atoms with Crippen molar-refractivity contribution in [1.29, 1.82) is 0 Å². The lowest BCUT2D eigenvalue weighted by molar-refractivity contribution is 0.0475. The fourth-order valence-corrected chi connectivity index (χ4v) is 4.78. The van der Waals surface area contributed by atoms with Crippen LogP contribution in [0, 0.1) is 0 Å². The molecule has 3 heterocycles. The van der Waals surface area contributed by atoms with Crippen LogP contribution >= 0.6 is 0 Å². The number of rotatable bonds is 8. The smallest absolute Gasteiger partial charge is 0.291 e. The highest BCUT2D eigenvalue weighted by molar-refractivity contribution is 6.21. The van der Waals surface area contributed by atoms with Gasteiger partial charge in [-0.25, -0.2) is 0 Å². The van der Waals surface area contributed by atoms with Gasteiger partial charge in [-0.1, -0.05) is 6.07 Å². The van der Waals surface area contributed by atoms with E-state index >= 15 is 0 Å². The molecule has 0 bridgehead atoms. The molecule has 1 fully saturated rings. The summed E-state index contributed by atoms with van der Waals surface area (Å²) in [7, 11) is 0. The van der Waals surface area contributed by atoms with Gasteiger partial charge in [0.05, 0.1) is 30.0 Å². The molecule has 10 nitrogen and oxygen atoms in total. The summed E-state index contributed by atoms with van der Waals surface area (Å²) < 4.78 is 16.6. The highest BCUT2D eigenvalue weighted by Gasteiger charge is 2.37. The minimum absolute atomic E-state index is 0.121. The van der Waals surface area contributed by atoms with Crippen LogP contribution < -0.4 is 15.4 Å². The van der Waals surface area contributed by atoms with Crippen molar-refractivity contribution in [1.82, 2.24) is 4.90 Å². The first kappa shape index (κ1) is 26.0. The molecular formula is C31H25N3O7. The molecule has 3 aromatic carbocycles. The summed E-state index contributed by atoms with van der Waals surface area (Å²) in [6, 6.07) is 21.2. The molecule has 0 spiro atoms. The van der Waals surface area contributed by atoms with Gasteiger partial charge in [-0.3, -0.25) is 24.1 Å². The largest absolute Gasteiger partial charge is 0.459 e. The summed E-state index contributed by atoms with van der Waals surface area (Å²) >= 11 is 0. The SMILES string of the molecule is O=C(Nc1ccc(Oc2ccc3c(c2)C(=O)N(CC2CCCO2)C3=O)cc1)c1cccc(NC(=O)c2ccco2)c1. The number of hydrogen-bond donors (Lipinski definition) is 2. The van der Waals surface area contributed by atoms with Gasteiger partial charge in [-0.15, -0.1) is 0 Å². The first-order valence-corrected chi connectivity index (χ1v) is 13.1. The molecule has 0 radical (unpaired) electrons. The van der Waals surface area contributed by atoms with E-state index in [1.807, 2.05) is 0 Å². The van der Waals surface area contributed by atoms with Crippen molar-refractivity contribution in [3.8, 4) is 11.5 Å². The Bertz CT molecular complexity index is 1620. The van der Waals surface area contributed by atoms with E-state index in [1.165, 1.54) is 11.2 Å². The van der Waals surface area contributed by atoms with Crippen LogP contribution in [0.3, 0.4) is 0 Å². The van der Waals surface area contributed by atoms with Gasteiger partial charge in [0, 0.05) is 23.5 Å². The van der Waals surface area contributed by atoms with Gasteiger partial charge < -0.3 is 24.5 Å². The number of carbonyl (C=O) groups is 4. The van der Waals surface area contributed by atoms with Crippen molar-refractivity contribution in [2.75, 3.05) is 23.8 Å². The molecule has 1 unspecified atom stereocenters. The summed E-state index contributed by atoms with van der Waals surface area (Å²) in [4.78, 5) is 52.0. The number of hydrogen-bond acceptors (Lipinski definition) is 7. The topological polar surface area (TPSA) is 127 Å². The summed E-state index contributed by atoms with van der Waals surface area (Å²) in [6.45, 7) is 0.897. The van der Waals surface area contributed by atoms with Gasteiger partial charge >= 0.3 is 0 Å². The molecule has 4 amide bonds. The molecule has 1 saturated heterocycles. The maximum atomic E-state index is 12.9. The van der Waals surface area contributed by atoms with Crippen LogP contribution in [0.2, 0.25) is 0 Å². The van der Waals surface area contributed by atoms with E-state index in [2.05, 4.69) is 10.6 Å². The summed E-state index contributed by atoms with van der Waals surface area (Å²) in [6.07, 6.45) is 3.04. The van der Waals surface area contributed by atoms with E-state index in [4.69, 9.17) is 13.9 Å². The van der Waals surface area contributed by atoms with Crippen LogP contribution in [0.4, 0.5) is 11.4 Å². The number of fused-ring (bicyclic) bond motifs is 1. The number of anilines is 2. The maximum Gasteiger partial charge on any atom is 0.291 e. The molecule has 41 heavy (non-hydrogen) atoms. The highest BCUT2D eigenvalue weighted by atomic mass is 16.5. The van der Waals surface area contributed by atoms with Crippen LogP contribution in [0.15, 0.2) is 89.5 Å². The average Bonchev–Trinajstić information content (AvgIpc) is 3.75. The minimum atomic E-state index is -0.418. The maximum absolute atomic E-state index is 12.9. The lowest BCUT2D eigenvalue weighted by atomic mass is 10.1. The fourth-order valence-electron chi connectivity index (χ4n) is 4.78. The Kier molecular flexibility index (Phi) is 7.05. The molecule has 6 rings (SSSR count). The molecule has 2 N–H and O–H groups in total. The zero-order chi connectivity index (χ0) is 28.3. The predicted octanol–water partition coefficient (Wildman–Crippen LogP) is 5.35. The molecule has 206 valence electrons. The van der Waals surface area contributed by atoms with E-state index in [0.717, 1.165) is 12.8 Å². The van der Waals surface area contributed by atoms with Crippen molar-refractivity contribution in [3.63, 3.8) is 0 Å². The molecule has 1 atom stereocenters. The van der Waals surface area contributed by atoms with Gasteiger partial charge in [-0.2, -0.15) is 0 Å². The highest BCUT2D eigenvalue weighted by Crippen LogP contribution is 2.31. The normalized spacial score (nSPS) is 16.0. The first-order valence-electron chi connectivity index (χ1n) is 13.1. The molecule has 10 heteroatoms. The Morgan fingerprint density at radius 1 is 0.829 bits per heavy atom. The Morgan fingerprint density at radius 2 is 1.61 bits per heavy atom. The Morgan fingerprint density at radius 3 is 2.37 bits per heavy atom. The lowest BCUT2D eigenvalue weighted by Gasteiger charge is -2.17. The number of carbonyl (C=O) groups excluding carboxylic acids is 4. The molecule has 4 aromatic rings. The number of imide groups is 1. The standard InChI is InChI=1S/C31H25N3O7/c35-28(19-4-1-5-21(16-19)33-29(36)27-7-3-15-40-27)32-20-8-10-22(11-9-20)41-23-12-13-25-26(17-23)31(38)34(30(25)37)18-24-6-2-14-39-24/h1,3-5,7-13,15-17,24H,2,6,14,18H2,(H,32,35)(H,33,36). The number of ether oxygens (including phenoxy) is 2. The molecule has 0 aliphatic carbocycles. The van der Waals surface area contributed by atoms with E-state index in [-0.39, 0.29) is 36.1 Å². The minimum Gasteiger partial charge on any atom is -0.459 e. The number of amides is 4. The van der Waals surface area contributed by atoms with Crippen LogP contribution in [-0.2, 0) is 4.74 Å². The second kappa shape index (κ2) is 11.1. The van der Waals surface area contributed by atoms with Crippen molar-refractivity contribution < 1.29 is 33.1 Å². The second-order valence-electron chi connectivity index (χ2n) is 9.66. The third-order valence-corrected chi connectivity index (χ3v) is 6.83. The Balaban J connectivity index is 1.08. The van der Waals surface area contributed by atoms with Gasteiger partial charge in [0.15, 0.2) is 5.76 Å². The van der Waals surface area contributed by atoms with E-state index in [1.54, 1.807) is 78.9 Å². The third-order valence-electron chi connectivity index (χ3n) is 6.83. The van der Waals surface area contributed by atoms with Gasteiger partial charge in [0.25, 0.3) is 23.6 Å². The monoisotopic (exact) mass is 551 g/mol. The van der Waals surface area contributed by atoms with E-state index in [9.17, 15) is 19.2 Å². The summed E-state index contributed by atoms with van der Waals surface area (Å²) in [5.41, 5.74) is 1.99. The van der Waals surface area contributed by atoms with E-state index in [0.29, 0.717) is 46.2 Å². The van der Waals surface area contributed by atoms with Gasteiger partial charge in [-0.05, 0) is 85.6 Å². The van der Waals surface area contributed by atoms with Gasteiger partial charge in [0.2, 0.25) is 0 Å². The van der Waals surface area contributed by atoms with Gasteiger partial charge in [0.1, 0.15) is 11.5 Å². The predicted molar refractivity (Wildman–Crippen MR) is 148 cm³/mol. The van der Waals surface area contributed by atoms with E-state index < -0.39 is 5.91 Å². The zero-order valence-electron chi connectivity index (χ0n) is 21.8. The van der Waals surface area contributed by atoms with Crippen molar-refractivity contribution in [3.05, 3.63) is 108 Å².